The maximum Gasteiger partial charge on any atom is 0.224 e. The van der Waals surface area contributed by atoms with Crippen LogP contribution in [0.25, 0.3) is 0 Å². The highest BCUT2D eigenvalue weighted by Gasteiger charge is 2.31. The van der Waals surface area contributed by atoms with Crippen molar-refractivity contribution in [2.24, 2.45) is 0 Å². The third kappa shape index (κ3) is 3.45. The van der Waals surface area contributed by atoms with Crippen molar-refractivity contribution in [1.29, 1.82) is 5.26 Å². The monoisotopic (exact) mass is 299 g/mol. The molecule has 1 heterocycles. The highest BCUT2D eigenvalue weighted by molar-refractivity contribution is 5.79. The second-order valence-corrected chi connectivity index (χ2v) is 5.60. The molecule has 1 unspecified atom stereocenters. The van der Waals surface area contributed by atoms with Gasteiger partial charge in [0, 0.05) is 27.1 Å². The largest absolute Gasteiger partial charge is 0.345 e. The van der Waals surface area contributed by atoms with Crippen molar-refractivity contribution in [3.63, 3.8) is 0 Å². The van der Waals surface area contributed by atoms with Gasteiger partial charge in [0.1, 0.15) is 0 Å². The lowest BCUT2D eigenvalue weighted by atomic mass is 9.90. The van der Waals surface area contributed by atoms with Gasteiger partial charge in [0.2, 0.25) is 11.8 Å². The smallest absolute Gasteiger partial charge is 0.224 e. The quantitative estimate of drug-likeness (QED) is 0.853. The Balaban J connectivity index is 2.20. The molecule has 0 fully saturated rings. The SMILES string of the molecule is CC(=O)N1CCc2ccccc2C1CC(=O)N(C)CCC#N. The van der Waals surface area contributed by atoms with E-state index in [0.717, 1.165) is 12.0 Å². The lowest BCUT2D eigenvalue weighted by Crippen LogP contribution is -2.41. The summed E-state index contributed by atoms with van der Waals surface area (Å²) in [7, 11) is 1.70. The molecular formula is C17H21N3O2. The summed E-state index contributed by atoms with van der Waals surface area (Å²) in [6.45, 7) is 2.61. The van der Waals surface area contributed by atoms with Gasteiger partial charge in [-0.3, -0.25) is 9.59 Å². The lowest BCUT2D eigenvalue weighted by Gasteiger charge is -2.37. The van der Waals surface area contributed by atoms with Crippen LogP contribution in [0.3, 0.4) is 0 Å². The maximum atomic E-state index is 12.4. The number of fused-ring (bicyclic) bond motifs is 1. The first-order valence-corrected chi connectivity index (χ1v) is 7.50. The van der Waals surface area contributed by atoms with Gasteiger partial charge in [-0.1, -0.05) is 24.3 Å². The summed E-state index contributed by atoms with van der Waals surface area (Å²) in [5.41, 5.74) is 2.27. The molecule has 0 aromatic heterocycles. The van der Waals surface area contributed by atoms with Crippen LogP contribution in [0.1, 0.15) is 36.9 Å². The summed E-state index contributed by atoms with van der Waals surface area (Å²) in [6.07, 6.45) is 1.41. The number of nitrogens with zero attached hydrogens (tertiary/aromatic N) is 3. The number of carbonyl (C=O) groups is 2. The van der Waals surface area contributed by atoms with Crippen LogP contribution in [-0.2, 0) is 16.0 Å². The average Bonchev–Trinajstić information content (AvgIpc) is 2.52. The van der Waals surface area contributed by atoms with Crippen LogP contribution >= 0.6 is 0 Å². The molecule has 22 heavy (non-hydrogen) atoms. The number of rotatable bonds is 4. The van der Waals surface area contributed by atoms with Crippen LogP contribution < -0.4 is 0 Å². The van der Waals surface area contributed by atoms with E-state index < -0.39 is 0 Å². The summed E-state index contributed by atoms with van der Waals surface area (Å²) in [5, 5.41) is 8.62. The maximum absolute atomic E-state index is 12.4. The minimum atomic E-state index is -0.209. The van der Waals surface area contributed by atoms with E-state index in [2.05, 4.69) is 6.07 Å². The first-order chi connectivity index (χ1) is 10.5. The Labute approximate surface area is 131 Å². The van der Waals surface area contributed by atoms with Crippen LogP contribution in [0.2, 0.25) is 0 Å². The van der Waals surface area contributed by atoms with E-state index in [1.54, 1.807) is 23.8 Å². The first kappa shape index (κ1) is 16.0. The molecule has 5 nitrogen and oxygen atoms in total. The van der Waals surface area contributed by atoms with E-state index >= 15 is 0 Å². The van der Waals surface area contributed by atoms with E-state index in [4.69, 9.17) is 5.26 Å². The molecule has 116 valence electrons. The van der Waals surface area contributed by atoms with Gasteiger partial charge < -0.3 is 9.80 Å². The Bertz CT molecular complexity index is 606. The van der Waals surface area contributed by atoms with Crippen LogP contribution in [0.4, 0.5) is 0 Å². The van der Waals surface area contributed by atoms with Crippen LogP contribution in [0.5, 0.6) is 0 Å². The van der Waals surface area contributed by atoms with Crippen LogP contribution in [0, 0.1) is 11.3 Å². The van der Waals surface area contributed by atoms with Crippen LogP contribution in [-0.4, -0.2) is 41.8 Å². The molecule has 1 aliphatic rings. The molecule has 0 aliphatic carbocycles. The zero-order chi connectivity index (χ0) is 16.1. The Morgan fingerprint density at radius 3 is 2.82 bits per heavy atom. The number of hydrogen-bond acceptors (Lipinski definition) is 3. The molecule has 1 atom stereocenters. The summed E-state index contributed by atoms with van der Waals surface area (Å²) in [6, 6.07) is 9.82. The molecule has 2 rings (SSSR count). The van der Waals surface area contributed by atoms with Crippen LogP contribution in [0.15, 0.2) is 24.3 Å². The Morgan fingerprint density at radius 1 is 1.41 bits per heavy atom. The molecule has 0 radical (unpaired) electrons. The highest BCUT2D eigenvalue weighted by atomic mass is 16.2. The van der Waals surface area contributed by atoms with Crippen molar-refractivity contribution in [2.45, 2.75) is 32.2 Å². The molecule has 0 N–H and O–H groups in total. The number of carbonyl (C=O) groups excluding carboxylic acids is 2. The molecular weight excluding hydrogens is 278 g/mol. The van der Waals surface area contributed by atoms with Crippen molar-refractivity contribution >= 4 is 11.8 Å². The molecule has 1 aromatic rings. The molecule has 1 aliphatic heterocycles. The third-order valence-corrected chi connectivity index (χ3v) is 4.17. The zero-order valence-electron chi connectivity index (χ0n) is 13.1. The van der Waals surface area contributed by atoms with Crippen molar-refractivity contribution in [3.8, 4) is 6.07 Å². The fraction of sp³-hybridized carbons (Fsp3) is 0.471. The summed E-state index contributed by atoms with van der Waals surface area (Å²) in [5.74, 6) is -0.0461. The summed E-state index contributed by atoms with van der Waals surface area (Å²) < 4.78 is 0. The van der Waals surface area contributed by atoms with Gasteiger partial charge in [-0.2, -0.15) is 5.26 Å². The Kier molecular flexibility index (Phi) is 5.16. The van der Waals surface area contributed by atoms with Crippen molar-refractivity contribution < 1.29 is 9.59 Å². The first-order valence-electron chi connectivity index (χ1n) is 7.50. The Morgan fingerprint density at radius 2 is 2.14 bits per heavy atom. The lowest BCUT2D eigenvalue weighted by molar-refractivity contribution is -0.136. The normalized spacial score (nSPS) is 16.6. The van der Waals surface area contributed by atoms with E-state index in [-0.39, 0.29) is 24.3 Å². The zero-order valence-corrected chi connectivity index (χ0v) is 13.1. The fourth-order valence-corrected chi connectivity index (χ4v) is 2.91. The van der Waals surface area contributed by atoms with Gasteiger partial charge in [0.25, 0.3) is 0 Å². The second-order valence-electron chi connectivity index (χ2n) is 5.60. The minimum Gasteiger partial charge on any atom is -0.345 e. The molecule has 0 saturated heterocycles. The molecule has 0 bridgehead atoms. The van der Waals surface area contributed by atoms with Gasteiger partial charge >= 0.3 is 0 Å². The molecule has 0 saturated carbocycles. The standard InChI is InChI=1S/C17H21N3O2/c1-13(21)20-11-8-14-6-3-4-7-15(14)16(20)12-17(22)19(2)10-5-9-18/h3-4,6-7,16H,5,8,10-12H2,1-2H3. The van der Waals surface area contributed by atoms with Gasteiger partial charge in [-0.15, -0.1) is 0 Å². The van der Waals surface area contributed by atoms with Gasteiger partial charge in [-0.05, 0) is 17.5 Å². The predicted octanol–water partition coefficient (Wildman–Crippen LogP) is 1.89. The van der Waals surface area contributed by atoms with E-state index in [1.165, 1.54) is 5.56 Å². The second kappa shape index (κ2) is 7.08. The van der Waals surface area contributed by atoms with Gasteiger partial charge in [0.15, 0.2) is 0 Å². The van der Waals surface area contributed by atoms with Crippen molar-refractivity contribution in [1.82, 2.24) is 9.80 Å². The van der Waals surface area contributed by atoms with Gasteiger partial charge in [0.05, 0.1) is 25.0 Å². The molecule has 5 heteroatoms. The number of benzene rings is 1. The highest BCUT2D eigenvalue weighted by Crippen LogP contribution is 2.32. The number of nitriles is 1. The average molecular weight is 299 g/mol. The molecule has 0 spiro atoms. The number of hydrogen-bond donors (Lipinski definition) is 0. The Hall–Kier alpha value is -2.35. The minimum absolute atomic E-state index is 0.00743. The predicted molar refractivity (Wildman–Crippen MR) is 82.8 cm³/mol. The summed E-state index contributed by atoms with van der Waals surface area (Å²) in [4.78, 5) is 27.6. The van der Waals surface area contributed by atoms with Crippen molar-refractivity contribution in [2.75, 3.05) is 20.1 Å². The van der Waals surface area contributed by atoms with Crippen molar-refractivity contribution in [3.05, 3.63) is 35.4 Å². The number of amides is 2. The van der Waals surface area contributed by atoms with E-state index in [9.17, 15) is 9.59 Å². The van der Waals surface area contributed by atoms with Gasteiger partial charge in [-0.25, -0.2) is 0 Å². The van der Waals surface area contributed by atoms with E-state index in [0.29, 0.717) is 19.5 Å². The molecule has 2 amide bonds. The molecule has 1 aromatic carbocycles. The third-order valence-electron chi connectivity index (χ3n) is 4.17. The fourth-order valence-electron chi connectivity index (χ4n) is 2.91. The van der Waals surface area contributed by atoms with E-state index in [1.807, 2.05) is 24.3 Å². The summed E-state index contributed by atoms with van der Waals surface area (Å²) >= 11 is 0. The topological polar surface area (TPSA) is 64.4 Å².